The predicted molar refractivity (Wildman–Crippen MR) is 147 cm³/mol. The van der Waals surface area contributed by atoms with Crippen LogP contribution in [0.25, 0.3) is 21.9 Å². The zero-order chi connectivity index (χ0) is 23.5. The van der Waals surface area contributed by atoms with Gasteiger partial charge in [-0.25, -0.2) is 0 Å². The third kappa shape index (κ3) is 5.02. The molecule has 1 nitrogen and oxygen atoms in total. The number of hydrogen-bond donors (Lipinski definition) is 0. The maximum absolute atomic E-state index is 4.42. The average Bonchev–Trinajstić information content (AvgIpc) is 3.49. The van der Waals surface area contributed by atoms with E-state index in [1.54, 1.807) is 10.4 Å². The molecule has 7 rings (SSSR count). The molecular weight excluding hydrogens is 577 g/mol. The van der Waals surface area contributed by atoms with Crippen LogP contribution in [0, 0.1) is 0 Å². The molecule has 0 amide bonds. The summed E-state index contributed by atoms with van der Waals surface area (Å²) in [6.45, 7) is 16.1. The molecule has 1 radical (unpaired) electrons. The van der Waals surface area contributed by atoms with Gasteiger partial charge in [-0.3, -0.25) is 4.99 Å². The molecule has 0 saturated heterocycles. The van der Waals surface area contributed by atoms with Gasteiger partial charge in [0.15, 0.2) is 0 Å². The van der Waals surface area contributed by atoms with Crippen LogP contribution in [0.3, 0.4) is 0 Å². The normalized spacial score (nSPS) is 16.2. The summed E-state index contributed by atoms with van der Waals surface area (Å²) in [6, 6.07) is 20.3. The molecule has 5 heteroatoms. The smallest absolute Gasteiger partial charge is 1.00 e. The van der Waals surface area contributed by atoms with Crippen LogP contribution in [-0.2, 0) is 38.0 Å². The predicted octanol–water partition coefficient (Wildman–Crippen LogP) is 2.47. The van der Waals surface area contributed by atoms with Gasteiger partial charge in [0, 0.05) is 11.8 Å². The zero-order valence-corrected chi connectivity index (χ0v) is 27.2. The first-order chi connectivity index (χ1) is 15.6. The largest absolute Gasteiger partial charge is 3.00 e. The van der Waals surface area contributed by atoms with Crippen LogP contribution in [0.15, 0.2) is 93.4 Å². The topological polar surface area (TPSA) is 12.4 Å². The van der Waals surface area contributed by atoms with Crippen LogP contribution in [0.1, 0.15) is 45.7 Å². The molecule has 3 aromatic rings. The van der Waals surface area contributed by atoms with E-state index in [4.69, 9.17) is 0 Å². The van der Waals surface area contributed by atoms with Crippen LogP contribution in [-0.4, -0.2) is 13.8 Å². The van der Waals surface area contributed by atoms with Crippen molar-refractivity contribution in [1.82, 2.24) is 0 Å². The Labute approximate surface area is 249 Å². The van der Waals surface area contributed by atoms with Gasteiger partial charge >= 0.3 is 26.2 Å². The van der Waals surface area contributed by atoms with Crippen molar-refractivity contribution in [3.05, 3.63) is 99.5 Å². The fourth-order valence-corrected chi connectivity index (χ4v) is 9.63. The fourth-order valence-electron chi connectivity index (χ4n) is 5.78. The van der Waals surface area contributed by atoms with Crippen LogP contribution in [0.4, 0.5) is 0 Å². The number of nitrogens with zero attached hydrogens (tertiary/aromatic N) is 1. The molecule has 2 bridgehead atoms. The molecule has 185 valence electrons. The second-order valence-electron chi connectivity index (χ2n) is 11.1. The second-order valence-corrected chi connectivity index (χ2v) is 15.3. The molecule has 36 heavy (non-hydrogen) atoms. The van der Waals surface area contributed by atoms with Crippen molar-refractivity contribution < 1.29 is 51.0 Å². The minimum absolute atomic E-state index is 0. The second kappa shape index (κ2) is 11.2. The number of hydrogen-bond acceptors (Lipinski definition) is 1. The van der Waals surface area contributed by atoms with E-state index in [0.29, 0.717) is 0 Å². The van der Waals surface area contributed by atoms with E-state index in [-0.39, 0.29) is 56.4 Å². The summed E-state index contributed by atoms with van der Waals surface area (Å²) in [5.74, 6) is 0. The number of rotatable bonds is 2. The first-order valence-corrected chi connectivity index (χ1v) is 15.1. The van der Waals surface area contributed by atoms with Gasteiger partial charge in [-0.2, -0.15) is 6.07 Å². The monoisotopic (exact) mass is 608 g/mol. The van der Waals surface area contributed by atoms with Crippen molar-refractivity contribution in [2.24, 2.45) is 4.99 Å². The molecule has 3 aliphatic heterocycles. The first kappa shape index (κ1) is 30.8. The molecule has 0 fully saturated rings. The Morgan fingerprint density at radius 1 is 0.944 bits per heavy atom. The van der Waals surface area contributed by atoms with Gasteiger partial charge in [-0.15, -0.1) is 34.5 Å². The molecule has 0 N–H and O–H groups in total. The van der Waals surface area contributed by atoms with Gasteiger partial charge in [0.1, 0.15) is 8.07 Å². The maximum atomic E-state index is 4.42. The van der Waals surface area contributed by atoms with E-state index in [1.165, 1.54) is 49.9 Å². The first-order valence-electron chi connectivity index (χ1n) is 12.1. The van der Waals surface area contributed by atoms with Crippen molar-refractivity contribution >= 4 is 24.6 Å². The molecule has 3 heterocycles. The summed E-state index contributed by atoms with van der Waals surface area (Å²) in [5, 5.41) is 5.99. The van der Waals surface area contributed by atoms with Gasteiger partial charge in [-0.05, 0) is 51.9 Å². The number of benzene rings is 2. The quantitative estimate of drug-likeness (QED) is 0.313. The molecule has 0 saturated carbocycles. The molecule has 4 aliphatic rings. The van der Waals surface area contributed by atoms with Crippen LogP contribution < -0.4 is 24.8 Å². The minimum atomic E-state index is -1.13. The summed E-state index contributed by atoms with van der Waals surface area (Å²) in [5.41, 5.74) is 9.94. The molecule has 0 spiro atoms. The number of aliphatic imine (C=N–C) groups is 1. The zero-order valence-electron chi connectivity index (χ0n) is 22.3. The molecule has 0 atom stereocenters. The van der Waals surface area contributed by atoms with E-state index in [1.807, 2.05) is 6.20 Å². The van der Waals surface area contributed by atoms with Crippen molar-refractivity contribution in [3.63, 3.8) is 0 Å². The molecule has 0 aromatic heterocycles. The van der Waals surface area contributed by atoms with Crippen molar-refractivity contribution in [3.8, 4) is 11.1 Å². The van der Waals surface area contributed by atoms with E-state index < -0.39 is 8.07 Å². The van der Waals surface area contributed by atoms with E-state index in [2.05, 4.69) is 113 Å². The Hall–Kier alpha value is -1.38. The van der Waals surface area contributed by atoms with Gasteiger partial charge in [0.2, 0.25) is 0 Å². The SMILES string of the molecule is CC1=C2C3=NC=CC3=C1[Si]2(C)C.CCc1cc2c(-c3ccc(C(C)(C)C)cc3)cccc2[cH-]1.[Cl-].[Cl-].[Zr+3]. The Balaban J connectivity index is 0.000000261. The summed E-state index contributed by atoms with van der Waals surface area (Å²) in [7, 11) is -1.13. The third-order valence-corrected chi connectivity index (χ3v) is 11.2. The van der Waals surface area contributed by atoms with Gasteiger partial charge in [-0.1, -0.05) is 76.7 Å². The number of aryl methyl sites for hydroxylation is 1. The summed E-state index contributed by atoms with van der Waals surface area (Å²) >= 11 is 0. The Bertz CT molecular complexity index is 1400. The minimum Gasteiger partial charge on any atom is -1.00 e. The van der Waals surface area contributed by atoms with Gasteiger partial charge in [0.25, 0.3) is 0 Å². The summed E-state index contributed by atoms with van der Waals surface area (Å²) < 4.78 is 0. The van der Waals surface area contributed by atoms with Crippen LogP contribution >= 0.6 is 0 Å². The van der Waals surface area contributed by atoms with E-state index in [0.717, 1.165) is 6.42 Å². The molecular formula is C31H34Cl2NSiZr. The van der Waals surface area contributed by atoms with Crippen LogP contribution in [0.5, 0.6) is 0 Å². The van der Waals surface area contributed by atoms with Gasteiger partial charge in [0.05, 0.1) is 5.71 Å². The third-order valence-electron chi connectivity index (χ3n) is 7.49. The molecule has 0 unspecified atom stereocenters. The number of fused-ring (bicyclic) bond motifs is 1. The number of allylic oxidation sites excluding steroid dienone is 5. The van der Waals surface area contributed by atoms with Crippen molar-refractivity contribution in [1.29, 1.82) is 0 Å². The van der Waals surface area contributed by atoms with E-state index >= 15 is 0 Å². The Kier molecular flexibility index (Phi) is 9.56. The average molecular weight is 611 g/mol. The Morgan fingerprint density at radius 3 is 2.17 bits per heavy atom. The van der Waals surface area contributed by atoms with E-state index in [9.17, 15) is 0 Å². The summed E-state index contributed by atoms with van der Waals surface area (Å²) in [4.78, 5) is 4.42. The fraction of sp³-hybridized carbons (Fsp3) is 0.290. The molecule has 1 aliphatic carbocycles. The molecule has 3 aromatic carbocycles. The summed E-state index contributed by atoms with van der Waals surface area (Å²) in [6.07, 6.45) is 5.20. The maximum Gasteiger partial charge on any atom is 3.00 e. The van der Waals surface area contributed by atoms with Gasteiger partial charge < -0.3 is 24.8 Å². The standard InChI is InChI=1S/C21H23.C10H11NSi.2ClH.Zr/c1-5-15-13-17-7-6-8-19(20(17)14-15)16-9-11-18(12-10-16)21(2,3)4;1-6-9-7-4-5-11-8(7)10(6)12(9,2)3;;;/h6-14H,5H2,1-4H3;4-5H,1-3H3;2*1H;/q-1;;;;+3/p-2. The van der Waals surface area contributed by atoms with Crippen molar-refractivity contribution in [2.45, 2.75) is 59.5 Å². The number of halogens is 2. The Morgan fingerprint density at radius 2 is 1.61 bits per heavy atom. The van der Waals surface area contributed by atoms with Crippen molar-refractivity contribution in [2.75, 3.05) is 0 Å². The van der Waals surface area contributed by atoms with Crippen LogP contribution in [0.2, 0.25) is 13.1 Å².